The summed E-state index contributed by atoms with van der Waals surface area (Å²) in [7, 11) is 5.04. The number of benzene rings is 2. The largest absolute Gasteiger partial charge is 0.496 e. The quantitative estimate of drug-likeness (QED) is 0.234. The maximum Gasteiger partial charge on any atom is 0.344 e. The molecule has 2 saturated heterocycles. The van der Waals surface area contributed by atoms with Crippen molar-refractivity contribution in [2.45, 2.75) is 101 Å². The first-order chi connectivity index (χ1) is 26.5. The van der Waals surface area contributed by atoms with Gasteiger partial charge in [-0.3, -0.25) is 9.69 Å². The van der Waals surface area contributed by atoms with Crippen LogP contribution < -0.4 is 9.64 Å². The fraction of sp³-hybridized carbons (Fsp3) is 0.600. The molecule has 1 saturated carbocycles. The lowest BCUT2D eigenvalue weighted by molar-refractivity contribution is -0.228. The summed E-state index contributed by atoms with van der Waals surface area (Å²) in [6, 6.07) is 12.4. The van der Waals surface area contributed by atoms with E-state index in [0.717, 1.165) is 80.3 Å². The summed E-state index contributed by atoms with van der Waals surface area (Å²) in [5.41, 5.74) is 3.37. The van der Waals surface area contributed by atoms with Crippen molar-refractivity contribution < 1.29 is 28.9 Å². The van der Waals surface area contributed by atoms with E-state index in [1.54, 1.807) is 7.11 Å². The highest BCUT2D eigenvalue weighted by Crippen LogP contribution is 2.68. The van der Waals surface area contributed by atoms with Crippen molar-refractivity contribution in [1.29, 1.82) is 0 Å². The summed E-state index contributed by atoms with van der Waals surface area (Å²) in [6.45, 7) is 10.7. The van der Waals surface area contributed by atoms with Crippen LogP contribution in [0.2, 0.25) is 0 Å². The third-order valence-electron chi connectivity index (χ3n) is 15.1. The van der Waals surface area contributed by atoms with Gasteiger partial charge >= 0.3 is 11.9 Å². The number of H-pyrrole nitrogens is 1. The summed E-state index contributed by atoms with van der Waals surface area (Å²) in [6.07, 6.45) is 9.98. The Hall–Kier alpha value is -3.86. The molecule has 5 aliphatic heterocycles. The number of likely N-dealkylation sites (N-methyl/N-ethyl adjacent to an activating group) is 1. The first-order valence-electron chi connectivity index (χ1n) is 20.7. The maximum absolute atomic E-state index is 14.3. The van der Waals surface area contributed by atoms with Crippen LogP contribution in [0, 0.1) is 17.3 Å². The maximum atomic E-state index is 14.3. The van der Waals surface area contributed by atoms with Crippen LogP contribution in [-0.2, 0) is 30.9 Å². The van der Waals surface area contributed by atoms with E-state index in [0.29, 0.717) is 12.3 Å². The number of aliphatic hydroxyl groups is 1. The zero-order valence-electron chi connectivity index (χ0n) is 33.4. The van der Waals surface area contributed by atoms with E-state index in [2.05, 4.69) is 82.1 Å². The molecule has 1 unspecified atom stereocenters. The average Bonchev–Trinajstić information content (AvgIpc) is 3.84. The summed E-state index contributed by atoms with van der Waals surface area (Å²) < 4.78 is 18.0. The number of nitrogens with zero attached hydrogens (tertiary/aromatic N) is 3. The molecule has 10 nitrogen and oxygen atoms in total. The van der Waals surface area contributed by atoms with Crippen molar-refractivity contribution in [2.75, 3.05) is 58.9 Å². The minimum Gasteiger partial charge on any atom is -0.496 e. The highest BCUT2D eigenvalue weighted by Gasteiger charge is 2.80. The Bertz CT molecular complexity index is 2040. The lowest BCUT2D eigenvalue weighted by atomic mass is 9.47. The monoisotopic (exact) mass is 750 g/mol. The lowest BCUT2D eigenvalue weighted by Crippen LogP contribution is -2.81. The van der Waals surface area contributed by atoms with Crippen LogP contribution in [0.4, 0.5) is 5.69 Å². The molecular formula is C45H58N4O6. The number of carbonyl (C=O) groups is 2. The number of aromatic nitrogens is 1. The van der Waals surface area contributed by atoms with Gasteiger partial charge in [-0.05, 0) is 80.2 Å². The van der Waals surface area contributed by atoms with Crippen molar-refractivity contribution >= 4 is 28.5 Å². The van der Waals surface area contributed by atoms with Crippen LogP contribution in [0.25, 0.3) is 10.9 Å². The Morgan fingerprint density at radius 1 is 1.05 bits per heavy atom. The Labute approximate surface area is 325 Å². The molecule has 0 amide bonds. The molecule has 2 bridgehead atoms. The molecule has 1 aliphatic carbocycles. The molecule has 55 heavy (non-hydrogen) atoms. The lowest BCUT2D eigenvalue weighted by Gasteiger charge is -2.63. The van der Waals surface area contributed by atoms with Gasteiger partial charge in [0.25, 0.3) is 0 Å². The molecule has 10 atom stereocenters. The Morgan fingerprint density at radius 2 is 1.87 bits per heavy atom. The minimum atomic E-state index is -2.16. The van der Waals surface area contributed by atoms with Gasteiger partial charge in [-0.2, -0.15) is 0 Å². The summed E-state index contributed by atoms with van der Waals surface area (Å²) in [4.78, 5) is 38.4. The van der Waals surface area contributed by atoms with Gasteiger partial charge in [0.05, 0.1) is 20.3 Å². The number of carbonyl (C=O) groups excluding carboxylic acids is 2. The Kier molecular flexibility index (Phi) is 8.94. The molecule has 6 aliphatic rings. The fourth-order valence-corrected chi connectivity index (χ4v) is 13.1. The van der Waals surface area contributed by atoms with Crippen molar-refractivity contribution in [3.63, 3.8) is 0 Å². The number of aromatic amines is 1. The molecular weight excluding hydrogens is 693 g/mol. The predicted molar refractivity (Wildman–Crippen MR) is 213 cm³/mol. The van der Waals surface area contributed by atoms with Gasteiger partial charge in [0.2, 0.25) is 5.60 Å². The van der Waals surface area contributed by atoms with Gasteiger partial charge in [0, 0.05) is 96.9 Å². The molecule has 3 aromatic rings. The van der Waals surface area contributed by atoms with Gasteiger partial charge in [-0.15, -0.1) is 0 Å². The minimum absolute atomic E-state index is 0.0496. The number of ether oxygens (including phenoxy) is 3. The first-order valence-corrected chi connectivity index (χ1v) is 20.7. The van der Waals surface area contributed by atoms with Crippen molar-refractivity contribution in [2.24, 2.45) is 17.3 Å². The topological polar surface area (TPSA) is 108 Å². The zero-order chi connectivity index (χ0) is 38.4. The fourth-order valence-electron chi connectivity index (χ4n) is 13.1. The van der Waals surface area contributed by atoms with Gasteiger partial charge in [0.1, 0.15) is 5.75 Å². The van der Waals surface area contributed by atoms with Gasteiger partial charge in [-0.1, -0.05) is 50.6 Å². The Balaban J connectivity index is 1.27. The van der Waals surface area contributed by atoms with E-state index in [1.807, 2.05) is 7.05 Å². The van der Waals surface area contributed by atoms with Crippen LogP contribution in [0.1, 0.15) is 87.6 Å². The smallest absolute Gasteiger partial charge is 0.344 e. The number of piperidine rings is 1. The van der Waals surface area contributed by atoms with E-state index < -0.39 is 40.5 Å². The van der Waals surface area contributed by atoms with Gasteiger partial charge in [-0.25, -0.2) is 4.79 Å². The standard InChI is InChI=1S/C45H58N4O6/c1-7-28-22-29-14-15-31(38-32(16-20-48(25-28)26-29)30-12-9-10-13-35(30)46-38)33-23-34-36(24-37(33)53-5)47(4)40-44(34)18-21-49-19-11-17-43(8-2,39(44)49)41(55-27(3)50)45(40,52)42(51)54-6/h9-13,17,23-24,28-29,31,39-41,46,52H,7-8,14-16,18-22,25-26H2,1-6H3/t28-,29-,31-,39+,40+,41-,43-,44+,45-/m1/s1. The number of hydrogen-bond donors (Lipinski definition) is 2. The van der Waals surface area contributed by atoms with Crippen molar-refractivity contribution in [3.8, 4) is 5.75 Å². The molecule has 10 heteroatoms. The van der Waals surface area contributed by atoms with Crippen LogP contribution >= 0.6 is 0 Å². The third-order valence-corrected chi connectivity index (χ3v) is 15.1. The van der Waals surface area contributed by atoms with Crippen LogP contribution in [-0.4, -0.2) is 110 Å². The molecule has 9 rings (SSSR count). The normalized spacial score (nSPS) is 36.4. The molecule has 3 fully saturated rings. The molecule has 1 aromatic heterocycles. The number of para-hydroxylation sites is 1. The third kappa shape index (κ3) is 5.09. The zero-order valence-corrected chi connectivity index (χ0v) is 33.4. The second kappa shape index (κ2) is 13.4. The number of rotatable bonds is 6. The van der Waals surface area contributed by atoms with E-state index >= 15 is 0 Å². The number of methoxy groups -OCH3 is 2. The van der Waals surface area contributed by atoms with Gasteiger partial charge < -0.3 is 34.1 Å². The molecule has 0 radical (unpaired) electrons. The first kappa shape index (κ1) is 36.8. The number of fused-ring (bicyclic) bond motifs is 6. The summed E-state index contributed by atoms with van der Waals surface area (Å²) in [5.74, 6) is 0.909. The molecule has 2 N–H and O–H groups in total. The number of hydrogen-bond acceptors (Lipinski definition) is 9. The van der Waals surface area contributed by atoms with E-state index in [-0.39, 0.29) is 12.0 Å². The van der Waals surface area contributed by atoms with Crippen molar-refractivity contribution in [1.82, 2.24) is 14.8 Å². The summed E-state index contributed by atoms with van der Waals surface area (Å²) in [5, 5.41) is 14.5. The molecule has 6 heterocycles. The second-order valence-corrected chi connectivity index (χ2v) is 17.6. The van der Waals surface area contributed by atoms with Crippen molar-refractivity contribution in [3.05, 3.63) is 70.9 Å². The number of nitrogens with one attached hydrogen (secondary N) is 1. The summed E-state index contributed by atoms with van der Waals surface area (Å²) >= 11 is 0. The van der Waals surface area contributed by atoms with Crippen LogP contribution in [0.5, 0.6) is 5.75 Å². The van der Waals surface area contributed by atoms with Gasteiger partial charge in [0.15, 0.2) is 6.10 Å². The van der Waals surface area contributed by atoms with E-state index in [4.69, 9.17) is 14.2 Å². The Morgan fingerprint density at radius 3 is 2.62 bits per heavy atom. The molecule has 2 aromatic carbocycles. The van der Waals surface area contributed by atoms with E-state index in [9.17, 15) is 14.7 Å². The SMILES string of the molecule is CC[C@@H]1C[C@H]2CC[C@H](c3cc4c(cc3OC)N(C)[C@@H]3[C@](O)(C(=O)OC)[C@H](OC(C)=O)[C@]5(CC)C=CCN6CC[C@@]43[C@@H]65)c3[nH]c4ccccc4c3CCN(C1)C2. The molecule has 294 valence electrons. The highest BCUT2D eigenvalue weighted by atomic mass is 16.6. The van der Waals surface area contributed by atoms with Crippen LogP contribution in [0.3, 0.4) is 0 Å². The number of anilines is 1. The van der Waals surface area contributed by atoms with E-state index in [1.165, 1.54) is 55.6 Å². The number of esters is 2. The predicted octanol–water partition coefficient (Wildman–Crippen LogP) is 5.94. The second-order valence-electron chi connectivity index (χ2n) is 17.6. The molecule has 1 spiro atoms. The van der Waals surface area contributed by atoms with Crippen LogP contribution in [0.15, 0.2) is 48.6 Å². The average molecular weight is 751 g/mol. The highest BCUT2D eigenvalue weighted by molar-refractivity contribution is 5.88.